The van der Waals surface area contributed by atoms with Gasteiger partial charge >= 0.3 is 0 Å². The van der Waals surface area contributed by atoms with Gasteiger partial charge in [-0.2, -0.15) is 11.8 Å². The lowest BCUT2D eigenvalue weighted by molar-refractivity contribution is 0.412. The van der Waals surface area contributed by atoms with Gasteiger partial charge in [-0.05, 0) is 53.0 Å². The highest BCUT2D eigenvalue weighted by Gasteiger charge is 2.02. The summed E-state index contributed by atoms with van der Waals surface area (Å²) in [5.41, 5.74) is 5.40. The van der Waals surface area contributed by atoms with Gasteiger partial charge in [0.2, 0.25) is 0 Å². The van der Waals surface area contributed by atoms with E-state index in [0.717, 1.165) is 21.7 Å². The number of rotatable bonds is 5. The fourth-order valence-corrected chi connectivity index (χ4v) is 3.75. The first-order valence-corrected chi connectivity index (χ1v) is 8.50. The molecule has 0 N–H and O–H groups in total. The van der Waals surface area contributed by atoms with Gasteiger partial charge in [-0.3, -0.25) is 0 Å². The van der Waals surface area contributed by atoms with Crippen molar-refractivity contribution in [2.45, 2.75) is 25.4 Å². The standard InChI is InChI=1S/C17H19BrOS/c1-12-6-13(2)8-15(7-12)11-20-10-14-4-5-17(19-3)16(18)9-14/h4-9H,10-11H2,1-3H3. The molecule has 2 aromatic rings. The number of thioether (sulfide) groups is 1. The van der Waals surface area contributed by atoms with Crippen LogP contribution in [-0.2, 0) is 11.5 Å². The van der Waals surface area contributed by atoms with Crippen molar-refractivity contribution in [1.29, 1.82) is 0 Å². The molecule has 2 aromatic carbocycles. The lowest BCUT2D eigenvalue weighted by Crippen LogP contribution is -1.88. The van der Waals surface area contributed by atoms with E-state index in [0.29, 0.717) is 0 Å². The molecule has 0 heterocycles. The maximum atomic E-state index is 5.25. The fraction of sp³-hybridized carbons (Fsp3) is 0.294. The Bertz CT molecular complexity index is 575. The molecule has 0 spiro atoms. The molecule has 106 valence electrons. The SMILES string of the molecule is COc1ccc(CSCc2cc(C)cc(C)c2)cc1Br. The molecule has 0 bridgehead atoms. The molecule has 0 aliphatic rings. The highest BCUT2D eigenvalue weighted by molar-refractivity contribution is 9.10. The number of hydrogen-bond acceptors (Lipinski definition) is 2. The van der Waals surface area contributed by atoms with E-state index in [-0.39, 0.29) is 0 Å². The van der Waals surface area contributed by atoms with Crippen molar-refractivity contribution in [3.8, 4) is 5.75 Å². The Balaban J connectivity index is 1.94. The first-order chi connectivity index (χ1) is 9.58. The van der Waals surface area contributed by atoms with Gasteiger partial charge in [-0.25, -0.2) is 0 Å². The molecular weight excluding hydrogens is 332 g/mol. The van der Waals surface area contributed by atoms with Crippen LogP contribution in [0.5, 0.6) is 5.75 Å². The average molecular weight is 351 g/mol. The minimum Gasteiger partial charge on any atom is -0.496 e. The van der Waals surface area contributed by atoms with Crippen LogP contribution in [0.1, 0.15) is 22.3 Å². The third-order valence-electron chi connectivity index (χ3n) is 3.04. The van der Waals surface area contributed by atoms with E-state index in [9.17, 15) is 0 Å². The summed E-state index contributed by atoms with van der Waals surface area (Å²) in [7, 11) is 1.69. The minimum absolute atomic E-state index is 0.882. The largest absolute Gasteiger partial charge is 0.496 e. The Kier molecular flexibility index (Phi) is 5.55. The van der Waals surface area contributed by atoms with E-state index in [4.69, 9.17) is 4.74 Å². The summed E-state index contributed by atoms with van der Waals surface area (Å²) >= 11 is 5.47. The molecule has 0 fully saturated rings. The summed E-state index contributed by atoms with van der Waals surface area (Å²) in [5, 5.41) is 0. The van der Waals surface area contributed by atoms with Crippen molar-refractivity contribution < 1.29 is 4.74 Å². The number of benzene rings is 2. The molecule has 0 saturated carbocycles. The first kappa shape index (κ1) is 15.5. The van der Waals surface area contributed by atoms with Gasteiger partial charge in [0.15, 0.2) is 0 Å². The molecule has 3 heteroatoms. The normalized spacial score (nSPS) is 10.6. The van der Waals surface area contributed by atoms with Crippen molar-refractivity contribution >= 4 is 27.7 Å². The lowest BCUT2D eigenvalue weighted by atomic mass is 10.1. The fourth-order valence-electron chi connectivity index (χ4n) is 2.24. The molecule has 0 saturated heterocycles. The average Bonchev–Trinajstić information content (AvgIpc) is 2.38. The van der Waals surface area contributed by atoms with Gasteiger partial charge in [0.1, 0.15) is 5.75 Å². The zero-order chi connectivity index (χ0) is 14.5. The second-order valence-corrected chi connectivity index (χ2v) is 6.80. The maximum absolute atomic E-state index is 5.25. The summed E-state index contributed by atoms with van der Waals surface area (Å²) in [6.07, 6.45) is 0. The first-order valence-electron chi connectivity index (χ1n) is 6.56. The van der Waals surface area contributed by atoms with Crippen molar-refractivity contribution in [3.05, 3.63) is 63.1 Å². The van der Waals surface area contributed by atoms with Gasteiger partial charge in [-0.15, -0.1) is 0 Å². The number of halogens is 1. The van der Waals surface area contributed by atoms with E-state index in [2.05, 4.69) is 60.1 Å². The summed E-state index contributed by atoms with van der Waals surface area (Å²) < 4.78 is 6.26. The van der Waals surface area contributed by atoms with Crippen LogP contribution in [0.3, 0.4) is 0 Å². The molecule has 1 nitrogen and oxygen atoms in total. The van der Waals surface area contributed by atoms with E-state index in [1.165, 1.54) is 22.3 Å². The molecule has 0 aromatic heterocycles. The molecule has 0 aliphatic carbocycles. The van der Waals surface area contributed by atoms with Crippen LogP contribution in [-0.4, -0.2) is 7.11 Å². The van der Waals surface area contributed by atoms with Gasteiger partial charge in [0.25, 0.3) is 0 Å². The summed E-state index contributed by atoms with van der Waals surface area (Å²) in [5.74, 6) is 2.94. The highest BCUT2D eigenvalue weighted by Crippen LogP contribution is 2.28. The van der Waals surface area contributed by atoms with Gasteiger partial charge in [0, 0.05) is 11.5 Å². The second kappa shape index (κ2) is 7.19. The van der Waals surface area contributed by atoms with Crippen molar-refractivity contribution in [2.24, 2.45) is 0 Å². The Labute approximate surface area is 133 Å². The molecule has 0 aliphatic heterocycles. The van der Waals surface area contributed by atoms with Gasteiger partial charge < -0.3 is 4.74 Å². The van der Waals surface area contributed by atoms with Crippen LogP contribution < -0.4 is 4.74 Å². The minimum atomic E-state index is 0.882. The van der Waals surface area contributed by atoms with Gasteiger partial charge in [0.05, 0.1) is 11.6 Å². The Hall–Kier alpha value is -0.930. The lowest BCUT2D eigenvalue weighted by Gasteiger charge is -2.07. The smallest absolute Gasteiger partial charge is 0.133 e. The van der Waals surface area contributed by atoms with Crippen LogP contribution >= 0.6 is 27.7 Å². The summed E-state index contributed by atoms with van der Waals surface area (Å²) in [4.78, 5) is 0. The van der Waals surface area contributed by atoms with Crippen LogP contribution in [0.15, 0.2) is 40.9 Å². The van der Waals surface area contributed by atoms with Crippen LogP contribution in [0.25, 0.3) is 0 Å². The third kappa shape index (κ3) is 4.29. The van der Waals surface area contributed by atoms with Crippen LogP contribution in [0.2, 0.25) is 0 Å². The van der Waals surface area contributed by atoms with Gasteiger partial charge in [-0.1, -0.05) is 35.4 Å². The maximum Gasteiger partial charge on any atom is 0.133 e. The second-order valence-electron chi connectivity index (χ2n) is 4.96. The summed E-state index contributed by atoms with van der Waals surface area (Å²) in [6, 6.07) is 13.0. The molecule has 20 heavy (non-hydrogen) atoms. The van der Waals surface area contributed by atoms with E-state index >= 15 is 0 Å². The predicted octanol–water partition coefficient (Wildman–Crippen LogP) is 5.51. The molecular formula is C17H19BrOS. The molecule has 2 rings (SSSR count). The number of hydrogen-bond donors (Lipinski definition) is 0. The van der Waals surface area contributed by atoms with E-state index in [1.807, 2.05) is 17.8 Å². The monoisotopic (exact) mass is 350 g/mol. The van der Waals surface area contributed by atoms with Crippen LogP contribution in [0.4, 0.5) is 0 Å². The third-order valence-corrected chi connectivity index (χ3v) is 4.73. The topological polar surface area (TPSA) is 9.23 Å². The Morgan fingerprint density at radius 3 is 2.20 bits per heavy atom. The predicted molar refractivity (Wildman–Crippen MR) is 91.6 cm³/mol. The molecule has 0 radical (unpaired) electrons. The number of aryl methyl sites for hydroxylation is 2. The number of methoxy groups -OCH3 is 1. The Morgan fingerprint density at radius 2 is 1.60 bits per heavy atom. The van der Waals surface area contributed by atoms with E-state index < -0.39 is 0 Å². The molecule has 0 atom stereocenters. The van der Waals surface area contributed by atoms with Crippen molar-refractivity contribution in [3.63, 3.8) is 0 Å². The molecule has 0 amide bonds. The van der Waals surface area contributed by atoms with Crippen molar-refractivity contribution in [1.82, 2.24) is 0 Å². The zero-order valence-corrected chi connectivity index (χ0v) is 14.5. The highest BCUT2D eigenvalue weighted by atomic mass is 79.9. The zero-order valence-electron chi connectivity index (χ0n) is 12.1. The van der Waals surface area contributed by atoms with Crippen molar-refractivity contribution in [2.75, 3.05) is 7.11 Å². The summed E-state index contributed by atoms with van der Waals surface area (Å²) in [6.45, 7) is 4.31. The van der Waals surface area contributed by atoms with Crippen LogP contribution in [0, 0.1) is 13.8 Å². The number of ether oxygens (including phenoxy) is 1. The quantitative estimate of drug-likeness (QED) is 0.703. The van der Waals surface area contributed by atoms with E-state index in [1.54, 1.807) is 7.11 Å². The molecule has 0 unspecified atom stereocenters. The Morgan fingerprint density at radius 1 is 0.950 bits per heavy atom.